The summed E-state index contributed by atoms with van der Waals surface area (Å²) >= 11 is 13.0. The number of carbonyl (C=O) groups excluding carboxylic acids is 1. The van der Waals surface area contributed by atoms with Gasteiger partial charge < -0.3 is 9.72 Å². The van der Waals surface area contributed by atoms with E-state index in [4.69, 9.17) is 33.0 Å². The van der Waals surface area contributed by atoms with Gasteiger partial charge in [0.05, 0.1) is 37.1 Å². The van der Waals surface area contributed by atoms with Crippen molar-refractivity contribution in [2.75, 3.05) is 32.8 Å². The summed E-state index contributed by atoms with van der Waals surface area (Å²) in [7, 11) is 0. The fourth-order valence-electron chi connectivity index (χ4n) is 5.35. The zero-order valence-electron chi connectivity index (χ0n) is 21.1. The van der Waals surface area contributed by atoms with E-state index in [-0.39, 0.29) is 18.0 Å². The van der Waals surface area contributed by atoms with Crippen LogP contribution in [0.15, 0.2) is 82.7 Å². The summed E-state index contributed by atoms with van der Waals surface area (Å²) < 4.78 is 5.44. The summed E-state index contributed by atoms with van der Waals surface area (Å²) in [6.45, 7) is 2.74. The van der Waals surface area contributed by atoms with E-state index in [1.54, 1.807) is 18.2 Å². The van der Waals surface area contributed by atoms with Gasteiger partial charge in [0.2, 0.25) is 0 Å². The maximum absolute atomic E-state index is 13.7. The van der Waals surface area contributed by atoms with Crippen molar-refractivity contribution in [1.82, 2.24) is 14.9 Å². The number of pyridine rings is 1. The van der Waals surface area contributed by atoms with E-state index < -0.39 is 6.04 Å². The normalized spacial score (nSPS) is 17.9. The minimum atomic E-state index is -0.444. The van der Waals surface area contributed by atoms with Gasteiger partial charge in [-0.1, -0.05) is 71.7 Å². The Morgan fingerprint density at radius 1 is 0.974 bits per heavy atom. The molecule has 1 N–H and O–H groups in total. The predicted octanol–water partition coefficient (Wildman–Crippen LogP) is 5.51. The monoisotopic (exact) mass is 560 g/mol. The summed E-state index contributed by atoms with van der Waals surface area (Å²) in [4.78, 5) is 32.4. The molecule has 3 heterocycles. The van der Waals surface area contributed by atoms with Crippen molar-refractivity contribution in [3.63, 3.8) is 0 Å². The lowest BCUT2D eigenvalue weighted by Gasteiger charge is -2.29. The minimum absolute atomic E-state index is 0.154. The second-order valence-corrected chi connectivity index (χ2v) is 10.5. The van der Waals surface area contributed by atoms with Gasteiger partial charge in [0.15, 0.2) is 0 Å². The van der Waals surface area contributed by atoms with Crippen LogP contribution in [0.3, 0.4) is 0 Å². The molecule has 1 aromatic heterocycles. The smallest absolute Gasteiger partial charge is 0.258 e. The molecule has 0 unspecified atom stereocenters. The van der Waals surface area contributed by atoms with Gasteiger partial charge in [-0.15, -0.1) is 0 Å². The van der Waals surface area contributed by atoms with Gasteiger partial charge >= 0.3 is 0 Å². The molecule has 1 saturated heterocycles. The molecular formula is C30H26Cl2N4O3. The van der Waals surface area contributed by atoms with Gasteiger partial charge in [0.1, 0.15) is 0 Å². The Hall–Kier alpha value is -3.49. The number of halogens is 2. The summed E-state index contributed by atoms with van der Waals surface area (Å²) in [5, 5.41) is 8.24. The third kappa shape index (κ3) is 5.11. The number of fused-ring (bicyclic) bond motifs is 1. The van der Waals surface area contributed by atoms with Gasteiger partial charge in [-0.3, -0.25) is 14.5 Å². The van der Waals surface area contributed by atoms with E-state index in [2.05, 4.69) is 9.88 Å². The van der Waals surface area contributed by atoms with Gasteiger partial charge in [-0.25, -0.2) is 5.01 Å². The van der Waals surface area contributed by atoms with Crippen LogP contribution in [-0.4, -0.2) is 59.4 Å². The molecule has 6 rings (SSSR count). The highest BCUT2D eigenvalue weighted by Gasteiger charge is 2.37. The zero-order valence-corrected chi connectivity index (χ0v) is 22.6. The highest BCUT2D eigenvalue weighted by atomic mass is 35.5. The maximum Gasteiger partial charge on any atom is 0.258 e. The second-order valence-electron chi connectivity index (χ2n) is 9.68. The van der Waals surface area contributed by atoms with Crippen LogP contribution in [0.5, 0.6) is 0 Å². The highest BCUT2D eigenvalue weighted by molar-refractivity contribution is 6.32. The van der Waals surface area contributed by atoms with Crippen LogP contribution in [-0.2, 0) is 9.53 Å². The minimum Gasteiger partial charge on any atom is -0.379 e. The highest BCUT2D eigenvalue weighted by Crippen LogP contribution is 2.39. The lowest BCUT2D eigenvalue weighted by Crippen LogP contribution is -2.43. The maximum atomic E-state index is 13.7. The van der Waals surface area contributed by atoms with Gasteiger partial charge in [0.25, 0.3) is 11.5 Å². The van der Waals surface area contributed by atoms with Crippen LogP contribution in [0.2, 0.25) is 10.0 Å². The number of hydrogen-bond acceptors (Lipinski definition) is 5. The quantitative estimate of drug-likeness (QED) is 0.349. The van der Waals surface area contributed by atoms with E-state index in [1.165, 1.54) is 5.01 Å². The lowest BCUT2D eigenvalue weighted by atomic mass is 9.91. The first kappa shape index (κ1) is 25.8. The molecule has 7 nitrogen and oxygen atoms in total. The first-order valence-corrected chi connectivity index (χ1v) is 13.6. The van der Waals surface area contributed by atoms with Crippen LogP contribution in [0.4, 0.5) is 0 Å². The molecule has 9 heteroatoms. The second kappa shape index (κ2) is 10.9. The molecule has 0 saturated carbocycles. The van der Waals surface area contributed by atoms with E-state index >= 15 is 0 Å². The molecule has 1 amide bonds. The first-order chi connectivity index (χ1) is 19.0. The van der Waals surface area contributed by atoms with Crippen molar-refractivity contribution in [2.45, 2.75) is 12.5 Å². The van der Waals surface area contributed by atoms with E-state index in [0.29, 0.717) is 59.6 Å². The summed E-state index contributed by atoms with van der Waals surface area (Å²) in [5.41, 5.74) is 3.73. The number of aromatic amines is 1. The average molecular weight is 561 g/mol. The van der Waals surface area contributed by atoms with Gasteiger partial charge in [0, 0.05) is 46.0 Å². The van der Waals surface area contributed by atoms with Crippen LogP contribution in [0.1, 0.15) is 23.6 Å². The number of nitrogens with one attached hydrogen (secondary N) is 1. The van der Waals surface area contributed by atoms with Crippen molar-refractivity contribution in [2.24, 2.45) is 5.10 Å². The number of morpholine rings is 1. The molecule has 0 bridgehead atoms. The number of rotatable bonds is 5. The molecule has 3 aromatic carbocycles. The van der Waals surface area contributed by atoms with Crippen molar-refractivity contribution in [1.29, 1.82) is 0 Å². The molecule has 1 atom stereocenters. The molecular weight excluding hydrogens is 535 g/mol. The number of H-pyrrole nitrogens is 1. The summed E-state index contributed by atoms with van der Waals surface area (Å²) in [5.74, 6) is -0.154. The third-order valence-corrected chi connectivity index (χ3v) is 7.80. The van der Waals surface area contributed by atoms with E-state index in [0.717, 1.165) is 22.1 Å². The fraction of sp³-hybridized carbons (Fsp3) is 0.233. The molecule has 198 valence electrons. The van der Waals surface area contributed by atoms with Crippen LogP contribution < -0.4 is 5.56 Å². The van der Waals surface area contributed by atoms with Crippen molar-refractivity contribution < 1.29 is 9.53 Å². The van der Waals surface area contributed by atoms with Crippen molar-refractivity contribution in [3.8, 4) is 11.1 Å². The Bertz CT molecular complexity index is 1630. The van der Waals surface area contributed by atoms with E-state index in [9.17, 15) is 9.59 Å². The molecule has 1 fully saturated rings. The summed E-state index contributed by atoms with van der Waals surface area (Å²) in [6.07, 6.45) is 0.341. The van der Waals surface area contributed by atoms with Crippen molar-refractivity contribution >= 4 is 45.7 Å². The Morgan fingerprint density at radius 3 is 2.49 bits per heavy atom. The largest absolute Gasteiger partial charge is 0.379 e. The predicted molar refractivity (Wildman–Crippen MR) is 154 cm³/mol. The Morgan fingerprint density at radius 2 is 1.72 bits per heavy atom. The molecule has 0 radical (unpaired) electrons. The number of benzene rings is 3. The number of carbonyl (C=O) groups is 1. The average Bonchev–Trinajstić information content (AvgIpc) is 3.39. The molecule has 0 spiro atoms. The van der Waals surface area contributed by atoms with Gasteiger partial charge in [-0.2, -0.15) is 5.10 Å². The first-order valence-electron chi connectivity index (χ1n) is 12.8. The molecule has 4 aromatic rings. The van der Waals surface area contributed by atoms with Crippen LogP contribution in [0.25, 0.3) is 22.0 Å². The summed E-state index contributed by atoms with van der Waals surface area (Å²) in [6, 6.07) is 22.1. The van der Waals surface area contributed by atoms with E-state index in [1.807, 2.05) is 54.6 Å². The molecule has 2 aliphatic rings. The number of amides is 1. The standard InChI is InChI=1S/C30H26Cl2N4O3/c31-20-10-11-24-22(16-20)28(19-6-2-1-3-7-19)29(30(38)33-24)25-17-26(21-8-4-5-9-23(21)32)36(34-25)27(37)18-35-12-14-39-15-13-35/h1-11,16,26H,12-15,17-18H2,(H,33,38)/t26-/m0/s1. The molecule has 39 heavy (non-hydrogen) atoms. The van der Waals surface area contributed by atoms with Crippen LogP contribution >= 0.6 is 23.2 Å². The number of aromatic nitrogens is 1. The SMILES string of the molecule is O=C(CN1CCOCC1)N1N=C(c2c(-c3ccccc3)c3cc(Cl)ccc3[nH]c2=O)C[C@H]1c1ccccc1Cl. The Labute approximate surface area is 235 Å². The van der Waals surface area contributed by atoms with Crippen LogP contribution in [0, 0.1) is 0 Å². The third-order valence-electron chi connectivity index (χ3n) is 7.22. The lowest BCUT2D eigenvalue weighted by molar-refractivity contribution is -0.135. The Kier molecular flexibility index (Phi) is 7.23. The zero-order chi connectivity index (χ0) is 26.9. The topological polar surface area (TPSA) is 78.0 Å². The van der Waals surface area contributed by atoms with Gasteiger partial charge in [-0.05, 0) is 35.4 Å². The fourth-order valence-corrected chi connectivity index (χ4v) is 5.78. The van der Waals surface area contributed by atoms with Crippen molar-refractivity contribution in [3.05, 3.63) is 104 Å². The number of ether oxygens (including phenoxy) is 1. The number of nitrogens with zero attached hydrogens (tertiary/aromatic N) is 3. The molecule has 0 aliphatic carbocycles. The number of hydrogen-bond donors (Lipinski definition) is 1. The Balaban J connectivity index is 1.50. The number of hydrazone groups is 1. The molecule has 2 aliphatic heterocycles.